The van der Waals surface area contributed by atoms with Gasteiger partial charge in [0, 0.05) is 17.4 Å². The molecule has 1 heterocycles. The van der Waals surface area contributed by atoms with Gasteiger partial charge in [-0.25, -0.2) is 0 Å². The number of nitrogens with one attached hydrogen (secondary N) is 1. The van der Waals surface area contributed by atoms with Gasteiger partial charge in [0.25, 0.3) is 5.91 Å². The summed E-state index contributed by atoms with van der Waals surface area (Å²) in [5.41, 5.74) is 2.54. The molecule has 0 saturated heterocycles. The Labute approximate surface area is 117 Å². The number of aromatic nitrogens is 2. The molecule has 1 aromatic heterocycles. The lowest BCUT2D eigenvalue weighted by Crippen LogP contribution is -2.14. The van der Waals surface area contributed by atoms with Crippen LogP contribution in [0.3, 0.4) is 0 Å². The molecule has 1 aromatic carbocycles. The molecule has 0 aliphatic rings. The summed E-state index contributed by atoms with van der Waals surface area (Å²) in [7, 11) is 0. The lowest BCUT2D eigenvalue weighted by atomic mass is 10.2. The Balaban J connectivity index is 2.15. The molecule has 0 spiro atoms. The van der Waals surface area contributed by atoms with E-state index in [9.17, 15) is 4.79 Å². The SMILES string of the molecule is Cc1cc(C(=O)Nc2ccc(C#N)cc2)nn1C(C)C. The number of carbonyl (C=O) groups excluding carboxylic acids is 1. The van der Waals surface area contributed by atoms with Crippen molar-refractivity contribution in [2.75, 3.05) is 5.32 Å². The molecule has 0 radical (unpaired) electrons. The lowest BCUT2D eigenvalue weighted by Gasteiger charge is -2.07. The van der Waals surface area contributed by atoms with E-state index in [0.717, 1.165) is 5.69 Å². The highest BCUT2D eigenvalue weighted by atomic mass is 16.1. The quantitative estimate of drug-likeness (QED) is 0.930. The average Bonchev–Trinajstić information content (AvgIpc) is 2.82. The molecule has 20 heavy (non-hydrogen) atoms. The minimum atomic E-state index is -0.253. The monoisotopic (exact) mass is 268 g/mol. The Morgan fingerprint density at radius 2 is 2.00 bits per heavy atom. The van der Waals surface area contributed by atoms with E-state index < -0.39 is 0 Å². The summed E-state index contributed by atoms with van der Waals surface area (Å²) < 4.78 is 1.81. The third-order valence-electron chi connectivity index (χ3n) is 2.92. The van der Waals surface area contributed by atoms with Crippen LogP contribution in [0.5, 0.6) is 0 Å². The maximum Gasteiger partial charge on any atom is 0.276 e. The zero-order valence-electron chi connectivity index (χ0n) is 11.7. The number of aryl methyl sites for hydroxylation is 1. The number of nitrogens with zero attached hydrogens (tertiary/aromatic N) is 3. The third-order valence-corrected chi connectivity index (χ3v) is 2.92. The largest absolute Gasteiger partial charge is 0.321 e. The number of hydrogen-bond donors (Lipinski definition) is 1. The summed E-state index contributed by atoms with van der Waals surface area (Å²) in [6.45, 7) is 5.95. The summed E-state index contributed by atoms with van der Waals surface area (Å²) in [4.78, 5) is 12.1. The van der Waals surface area contributed by atoms with Gasteiger partial charge >= 0.3 is 0 Å². The second-order valence-corrected chi connectivity index (χ2v) is 4.85. The minimum Gasteiger partial charge on any atom is -0.321 e. The van der Waals surface area contributed by atoms with Crippen molar-refractivity contribution in [3.05, 3.63) is 47.3 Å². The summed E-state index contributed by atoms with van der Waals surface area (Å²) in [6, 6.07) is 10.7. The summed E-state index contributed by atoms with van der Waals surface area (Å²) >= 11 is 0. The molecular formula is C15H16N4O. The van der Waals surface area contributed by atoms with Crippen LogP contribution >= 0.6 is 0 Å². The van der Waals surface area contributed by atoms with Crippen molar-refractivity contribution in [3.8, 4) is 6.07 Å². The lowest BCUT2D eigenvalue weighted by molar-refractivity contribution is 0.102. The summed E-state index contributed by atoms with van der Waals surface area (Å²) in [5.74, 6) is -0.253. The van der Waals surface area contributed by atoms with Crippen molar-refractivity contribution < 1.29 is 4.79 Å². The van der Waals surface area contributed by atoms with Crippen LogP contribution in [0.1, 0.15) is 41.6 Å². The van der Waals surface area contributed by atoms with Crippen molar-refractivity contribution in [1.29, 1.82) is 5.26 Å². The number of benzene rings is 1. The van der Waals surface area contributed by atoms with Crippen LogP contribution in [-0.2, 0) is 0 Å². The van der Waals surface area contributed by atoms with Crippen molar-refractivity contribution in [2.24, 2.45) is 0 Å². The smallest absolute Gasteiger partial charge is 0.276 e. The maximum atomic E-state index is 12.1. The number of nitriles is 1. The first-order chi connectivity index (χ1) is 9.51. The highest BCUT2D eigenvalue weighted by Crippen LogP contribution is 2.13. The molecule has 2 aromatic rings. The summed E-state index contributed by atoms with van der Waals surface area (Å²) in [5, 5.41) is 15.8. The van der Waals surface area contributed by atoms with Crippen molar-refractivity contribution >= 4 is 11.6 Å². The molecule has 0 bridgehead atoms. The predicted octanol–water partition coefficient (Wildman–Crippen LogP) is 2.90. The van der Waals surface area contributed by atoms with Gasteiger partial charge in [0.05, 0.1) is 11.6 Å². The zero-order valence-corrected chi connectivity index (χ0v) is 11.7. The number of rotatable bonds is 3. The predicted molar refractivity (Wildman–Crippen MR) is 76.5 cm³/mol. The Kier molecular flexibility index (Phi) is 3.85. The van der Waals surface area contributed by atoms with Crippen LogP contribution < -0.4 is 5.32 Å². The van der Waals surface area contributed by atoms with E-state index in [1.165, 1.54) is 0 Å². The van der Waals surface area contributed by atoms with Crippen LogP contribution in [0.15, 0.2) is 30.3 Å². The van der Waals surface area contributed by atoms with Gasteiger partial charge < -0.3 is 5.32 Å². The first-order valence-electron chi connectivity index (χ1n) is 6.39. The van der Waals surface area contributed by atoms with Crippen molar-refractivity contribution in [2.45, 2.75) is 26.8 Å². The molecule has 2 rings (SSSR count). The number of hydrogen-bond acceptors (Lipinski definition) is 3. The van der Waals surface area contributed by atoms with Crippen molar-refractivity contribution in [1.82, 2.24) is 9.78 Å². The Bertz CT molecular complexity index is 662. The Morgan fingerprint density at radius 1 is 1.35 bits per heavy atom. The van der Waals surface area contributed by atoms with Gasteiger partial charge in [-0.1, -0.05) is 0 Å². The molecule has 0 aliphatic heterocycles. The van der Waals surface area contributed by atoms with Crippen LogP contribution in [0.25, 0.3) is 0 Å². The molecule has 5 heteroatoms. The fourth-order valence-corrected chi connectivity index (χ4v) is 1.94. The van der Waals surface area contributed by atoms with E-state index in [0.29, 0.717) is 16.9 Å². The molecule has 0 saturated carbocycles. The van der Waals surface area contributed by atoms with E-state index in [1.54, 1.807) is 30.3 Å². The van der Waals surface area contributed by atoms with Gasteiger partial charge in [-0.3, -0.25) is 9.48 Å². The van der Waals surface area contributed by atoms with Gasteiger partial charge in [0.15, 0.2) is 5.69 Å². The number of carbonyl (C=O) groups is 1. The van der Waals surface area contributed by atoms with Gasteiger partial charge in [-0.2, -0.15) is 10.4 Å². The van der Waals surface area contributed by atoms with Gasteiger partial charge in [0.2, 0.25) is 0 Å². The Hall–Kier alpha value is -2.61. The molecule has 1 amide bonds. The van der Waals surface area contributed by atoms with Crippen LogP contribution in [-0.4, -0.2) is 15.7 Å². The molecule has 0 unspecified atom stereocenters. The van der Waals surface area contributed by atoms with Crippen LogP contribution in [0.4, 0.5) is 5.69 Å². The van der Waals surface area contributed by atoms with Crippen LogP contribution in [0, 0.1) is 18.3 Å². The molecule has 0 fully saturated rings. The Morgan fingerprint density at radius 3 is 2.50 bits per heavy atom. The van der Waals surface area contributed by atoms with Gasteiger partial charge in [-0.05, 0) is 51.1 Å². The molecule has 1 N–H and O–H groups in total. The topological polar surface area (TPSA) is 70.7 Å². The van der Waals surface area contributed by atoms with E-state index in [-0.39, 0.29) is 11.9 Å². The van der Waals surface area contributed by atoms with Crippen molar-refractivity contribution in [3.63, 3.8) is 0 Å². The highest BCUT2D eigenvalue weighted by Gasteiger charge is 2.13. The maximum absolute atomic E-state index is 12.1. The molecule has 102 valence electrons. The number of anilines is 1. The first kappa shape index (κ1) is 13.8. The highest BCUT2D eigenvalue weighted by molar-refractivity contribution is 6.02. The molecule has 0 atom stereocenters. The van der Waals surface area contributed by atoms with Gasteiger partial charge in [-0.15, -0.1) is 0 Å². The minimum absolute atomic E-state index is 0.214. The first-order valence-corrected chi connectivity index (χ1v) is 6.39. The van der Waals surface area contributed by atoms with Crippen LogP contribution in [0.2, 0.25) is 0 Å². The molecule has 0 aliphatic carbocycles. The second kappa shape index (κ2) is 5.57. The third kappa shape index (κ3) is 2.86. The standard InChI is InChI=1S/C15H16N4O/c1-10(2)19-11(3)8-14(18-19)15(20)17-13-6-4-12(9-16)5-7-13/h4-8,10H,1-3H3,(H,17,20). The van der Waals surface area contributed by atoms with E-state index in [4.69, 9.17) is 5.26 Å². The van der Waals surface area contributed by atoms with E-state index in [1.807, 2.05) is 31.5 Å². The fraction of sp³-hybridized carbons (Fsp3) is 0.267. The molecule has 5 nitrogen and oxygen atoms in total. The zero-order chi connectivity index (χ0) is 14.7. The van der Waals surface area contributed by atoms with Gasteiger partial charge in [0.1, 0.15) is 0 Å². The summed E-state index contributed by atoms with van der Waals surface area (Å²) in [6.07, 6.45) is 0. The average molecular weight is 268 g/mol. The number of amides is 1. The normalized spacial score (nSPS) is 10.3. The van der Waals surface area contributed by atoms with E-state index in [2.05, 4.69) is 10.4 Å². The second-order valence-electron chi connectivity index (χ2n) is 4.85. The van der Waals surface area contributed by atoms with E-state index >= 15 is 0 Å². The fourth-order valence-electron chi connectivity index (χ4n) is 1.94. The molecular weight excluding hydrogens is 252 g/mol.